The summed E-state index contributed by atoms with van der Waals surface area (Å²) in [5.74, 6) is 0.895. The highest BCUT2D eigenvalue weighted by Gasteiger charge is 2.33. The third-order valence-corrected chi connectivity index (χ3v) is 4.32. The number of unbranched alkanes of at least 4 members (excludes halogenated alkanes) is 1. The van der Waals surface area contributed by atoms with Crippen LogP contribution in [0.25, 0.3) is 0 Å². The van der Waals surface area contributed by atoms with Gasteiger partial charge in [0.05, 0.1) is 16.3 Å². The Morgan fingerprint density at radius 1 is 1.22 bits per heavy atom. The normalized spacial score (nSPS) is 18.3. The minimum Gasteiger partial charge on any atom is -0.360 e. The average Bonchev–Trinajstić information content (AvgIpc) is 2.71. The zero-order valence-corrected chi connectivity index (χ0v) is 14.1. The van der Waals surface area contributed by atoms with Crippen molar-refractivity contribution in [1.82, 2.24) is 4.90 Å². The Labute approximate surface area is 140 Å². The molecule has 0 atom stereocenters. The summed E-state index contributed by atoms with van der Waals surface area (Å²) >= 11 is 5.67. The van der Waals surface area contributed by atoms with Crippen LogP contribution in [-0.2, 0) is 6.18 Å². The second-order valence-corrected chi connectivity index (χ2v) is 6.25. The molecule has 0 saturated carbocycles. The highest BCUT2D eigenvalue weighted by atomic mass is 35.5. The Morgan fingerprint density at radius 3 is 2.70 bits per heavy atom. The fourth-order valence-corrected chi connectivity index (χ4v) is 2.94. The van der Waals surface area contributed by atoms with Crippen LogP contribution >= 0.6 is 11.6 Å². The van der Waals surface area contributed by atoms with Crippen LogP contribution < -0.4 is 0 Å². The van der Waals surface area contributed by atoms with E-state index in [1.807, 2.05) is 0 Å². The van der Waals surface area contributed by atoms with Gasteiger partial charge in [0, 0.05) is 19.5 Å². The summed E-state index contributed by atoms with van der Waals surface area (Å²) < 4.78 is 38.9. The summed E-state index contributed by atoms with van der Waals surface area (Å²) in [6.45, 7) is 3.97. The summed E-state index contributed by atoms with van der Waals surface area (Å²) in [4.78, 5) is 6.73. The molecule has 0 N–H and O–H groups in total. The van der Waals surface area contributed by atoms with Crippen LogP contribution in [0, 0.1) is 0 Å². The summed E-state index contributed by atoms with van der Waals surface area (Å²) in [5, 5.41) is -0.287. The van der Waals surface area contributed by atoms with Crippen molar-refractivity contribution in [2.24, 2.45) is 4.99 Å². The second kappa shape index (κ2) is 8.04. The van der Waals surface area contributed by atoms with E-state index >= 15 is 0 Å². The molecule has 6 heteroatoms. The Bertz CT molecular complexity index is 555. The van der Waals surface area contributed by atoms with Crippen molar-refractivity contribution in [3.05, 3.63) is 28.8 Å². The van der Waals surface area contributed by atoms with E-state index in [9.17, 15) is 13.2 Å². The fraction of sp³-hybridized carbons (Fsp3) is 0.588. The Balaban J connectivity index is 2.29. The first kappa shape index (κ1) is 18.1. The molecule has 1 aliphatic heterocycles. The van der Waals surface area contributed by atoms with Crippen LogP contribution in [0.3, 0.4) is 0 Å². The van der Waals surface area contributed by atoms with Crippen LogP contribution in [0.2, 0.25) is 5.02 Å². The van der Waals surface area contributed by atoms with Crippen LogP contribution in [0.15, 0.2) is 23.2 Å². The topological polar surface area (TPSA) is 15.6 Å². The van der Waals surface area contributed by atoms with Gasteiger partial charge in [0.2, 0.25) is 0 Å². The molecule has 0 unspecified atom stereocenters. The molecule has 1 aliphatic rings. The quantitative estimate of drug-likeness (QED) is 0.646. The molecule has 1 fully saturated rings. The molecule has 1 aromatic carbocycles. The zero-order valence-electron chi connectivity index (χ0n) is 13.3. The number of hydrogen-bond donors (Lipinski definition) is 0. The van der Waals surface area contributed by atoms with Crippen molar-refractivity contribution in [1.29, 1.82) is 0 Å². The number of hydrogen-bond acceptors (Lipinski definition) is 1. The summed E-state index contributed by atoms with van der Waals surface area (Å²) in [5.41, 5.74) is -0.505. The van der Waals surface area contributed by atoms with Gasteiger partial charge in [0.15, 0.2) is 0 Å². The Hall–Kier alpha value is -1.23. The minimum absolute atomic E-state index is 0.287. The molecule has 1 heterocycles. The predicted octanol–water partition coefficient (Wildman–Crippen LogP) is 6.06. The maximum atomic E-state index is 13.0. The van der Waals surface area contributed by atoms with Crippen molar-refractivity contribution in [2.45, 2.75) is 51.6 Å². The highest BCUT2D eigenvalue weighted by Crippen LogP contribution is 2.37. The lowest BCUT2D eigenvalue weighted by molar-refractivity contribution is -0.137. The van der Waals surface area contributed by atoms with E-state index in [1.165, 1.54) is 6.07 Å². The van der Waals surface area contributed by atoms with Gasteiger partial charge < -0.3 is 4.90 Å². The molecule has 0 bridgehead atoms. The van der Waals surface area contributed by atoms with Crippen LogP contribution in [0.5, 0.6) is 0 Å². The molecule has 128 valence electrons. The number of rotatable bonds is 4. The van der Waals surface area contributed by atoms with E-state index in [1.54, 1.807) is 6.07 Å². The minimum atomic E-state index is -4.46. The number of benzene rings is 1. The van der Waals surface area contributed by atoms with Gasteiger partial charge in [0.1, 0.15) is 5.84 Å². The van der Waals surface area contributed by atoms with Crippen molar-refractivity contribution in [3.63, 3.8) is 0 Å². The van der Waals surface area contributed by atoms with Gasteiger partial charge >= 0.3 is 6.18 Å². The fourth-order valence-electron chi connectivity index (χ4n) is 2.72. The molecule has 0 amide bonds. The maximum Gasteiger partial charge on any atom is 0.417 e. The SMILES string of the molecule is CCCCN1CCCCCC1=Nc1ccc(Cl)c(C(F)(F)F)c1. The van der Waals surface area contributed by atoms with Gasteiger partial charge in [-0.1, -0.05) is 31.4 Å². The van der Waals surface area contributed by atoms with Crippen molar-refractivity contribution < 1.29 is 13.2 Å². The van der Waals surface area contributed by atoms with E-state index < -0.39 is 11.7 Å². The summed E-state index contributed by atoms with van der Waals surface area (Å²) in [6.07, 6.45) is 1.77. The molecular formula is C17H22ClF3N2. The number of alkyl halides is 3. The third kappa shape index (κ3) is 5.13. The molecule has 2 nitrogen and oxygen atoms in total. The van der Waals surface area contributed by atoms with Crippen molar-refractivity contribution in [3.8, 4) is 0 Å². The lowest BCUT2D eigenvalue weighted by atomic mass is 10.2. The van der Waals surface area contributed by atoms with E-state index in [4.69, 9.17) is 11.6 Å². The standard InChI is InChI=1S/C17H22ClF3N2/c1-2-3-10-23-11-6-4-5-7-16(23)22-13-8-9-15(18)14(12-13)17(19,20)21/h8-9,12H,2-7,10-11H2,1H3. The molecule has 1 saturated heterocycles. The van der Waals surface area contributed by atoms with Gasteiger partial charge in [-0.15, -0.1) is 0 Å². The highest BCUT2D eigenvalue weighted by molar-refractivity contribution is 6.31. The smallest absolute Gasteiger partial charge is 0.360 e. The molecule has 0 aliphatic carbocycles. The van der Waals surface area contributed by atoms with Crippen LogP contribution in [0.1, 0.15) is 51.0 Å². The molecule has 0 spiro atoms. The number of halogens is 4. The van der Waals surface area contributed by atoms with E-state index in [2.05, 4.69) is 16.8 Å². The monoisotopic (exact) mass is 346 g/mol. The Kier molecular flexibility index (Phi) is 6.33. The molecule has 0 aromatic heterocycles. The van der Waals surface area contributed by atoms with Crippen molar-refractivity contribution in [2.75, 3.05) is 13.1 Å². The molecule has 1 aromatic rings. The molecular weight excluding hydrogens is 325 g/mol. The number of likely N-dealkylation sites (tertiary alicyclic amines) is 1. The molecule has 0 radical (unpaired) electrons. The lowest BCUT2D eigenvalue weighted by Gasteiger charge is -2.24. The summed E-state index contributed by atoms with van der Waals surface area (Å²) in [6, 6.07) is 3.86. The summed E-state index contributed by atoms with van der Waals surface area (Å²) in [7, 11) is 0. The number of nitrogens with zero attached hydrogens (tertiary/aromatic N) is 2. The molecule has 2 rings (SSSR count). The van der Waals surface area contributed by atoms with Gasteiger partial charge in [-0.05, 0) is 37.5 Å². The van der Waals surface area contributed by atoms with Gasteiger partial charge in [0.25, 0.3) is 0 Å². The van der Waals surface area contributed by atoms with Crippen LogP contribution in [-0.4, -0.2) is 23.8 Å². The van der Waals surface area contributed by atoms with E-state index in [0.717, 1.165) is 63.5 Å². The van der Waals surface area contributed by atoms with Gasteiger partial charge in [-0.3, -0.25) is 0 Å². The zero-order chi connectivity index (χ0) is 16.9. The number of amidine groups is 1. The largest absolute Gasteiger partial charge is 0.417 e. The number of aliphatic imine (C=N–C) groups is 1. The van der Waals surface area contributed by atoms with E-state index in [0.29, 0.717) is 5.69 Å². The Morgan fingerprint density at radius 2 is 2.00 bits per heavy atom. The average molecular weight is 347 g/mol. The van der Waals surface area contributed by atoms with Gasteiger partial charge in [-0.2, -0.15) is 13.2 Å². The predicted molar refractivity (Wildman–Crippen MR) is 88.5 cm³/mol. The third-order valence-electron chi connectivity index (χ3n) is 3.99. The van der Waals surface area contributed by atoms with Gasteiger partial charge in [-0.25, -0.2) is 4.99 Å². The lowest BCUT2D eigenvalue weighted by Crippen LogP contribution is -2.31. The first-order valence-corrected chi connectivity index (χ1v) is 8.49. The first-order chi connectivity index (χ1) is 10.9. The first-order valence-electron chi connectivity index (χ1n) is 8.11. The molecule has 23 heavy (non-hydrogen) atoms. The second-order valence-electron chi connectivity index (χ2n) is 5.84. The van der Waals surface area contributed by atoms with Crippen LogP contribution in [0.4, 0.5) is 18.9 Å². The van der Waals surface area contributed by atoms with E-state index in [-0.39, 0.29) is 5.02 Å². The maximum absolute atomic E-state index is 13.0. The van der Waals surface area contributed by atoms with Crippen molar-refractivity contribution >= 4 is 23.1 Å².